The van der Waals surface area contributed by atoms with E-state index in [1.807, 2.05) is 6.92 Å². The Hall–Kier alpha value is -2.76. The van der Waals surface area contributed by atoms with Crippen LogP contribution in [0, 0.1) is 10.1 Å². The fourth-order valence-electron chi connectivity index (χ4n) is 1.94. The number of amides is 1. The molecule has 0 aliphatic carbocycles. The lowest BCUT2D eigenvalue weighted by Gasteiger charge is -2.15. The summed E-state index contributed by atoms with van der Waals surface area (Å²) in [6.07, 6.45) is -4.06. The summed E-state index contributed by atoms with van der Waals surface area (Å²) >= 11 is 1.18. The second-order valence-corrected chi connectivity index (χ2v) is 6.26. The standard InChI is InChI=1S/C14H14F3N5O3S/c1-3-11-20-21-13(26-11)19-12(23)7(2)18-9-5-4-8(14(15,16)17)6-10(9)22(24)25/h4-7,18H,3H2,1-2H3,(H,19,21,23)/t7-/m0/s1. The van der Waals surface area contributed by atoms with E-state index in [0.717, 1.165) is 11.1 Å². The highest BCUT2D eigenvalue weighted by Gasteiger charge is 2.33. The van der Waals surface area contributed by atoms with E-state index in [1.54, 1.807) is 0 Å². The van der Waals surface area contributed by atoms with Gasteiger partial charge in [0.15, 0.2) is 0 Å². The van der Waals surface area contributed by atoms with Gasteiger partial charge in [0.05, 0.1) is 10.5 Å². The summed E-state index contributed by atoms with van der Waals surface area (Å²) in [5.74, 6) is -0.557. The van der Waals surface area contributed by atoms with E-state index in [2.05, 4.69) is 20.8 Å². The molecule has 2 aromatic rings. The van der Waals surface area contributed by atoms with Crippen LogP contribution in [0.4, 0.5) is 29.7 Å². The largest absolute Gasteiger partial charge is 0.416 e. The second kappa shape index (κ2) is 7.64. The topological polar surface area (TPSA) is 110 Å². The predicted molar refractivity (Wildman–Crippen MR) is 89.1 cm³/mol. The van der Waals surface area contributed by atoms with Gasteiger partial charge < -0.3 is 5.32 Å². The van der Waals surface area contributed by atoms with Gasteiger partial charge in [0, 0.05) is 6.07 Å². The van der Waals surface area contributed by atoms with E-state index >= 15 is 0 Å². The van der Waals surface area contributed by atoms with Crippen molar-refractivity contribution in [1.82, 2.24) is 10.2 Å². The Morgan fingerprint density at radius 3 is 2.62 bits per heavy atom. The Labute approximate surface area is 149 Å². The number of anilines is 2. The minimum absolute atomic E-state index is 0.197. The van der Waals surface area contributed by atoms with Crippen LogP contribution in [0.3, 0.4) is 0 Å². The van der Waals surface area contributed by atoms with E-state index in [4.69, 9.17) is 0 Å². The van der Waals surface area contributed by atoms with Crippen LogP contribution in [-0.2, 0) is 17.4 Å². The maximum absolute atomic E-state index is 12.7. The van der Waals surface area contributed by atoms with Crippen molar-refractivity contribution in [3.8, 4) is 0 Å². The lowest BCUT2D eigenvalue weighted by molar-refractivity contribution is -0.384. The molecule has 1 amide bonds. The molecule has 12 heteroatoms. The van der Waals surface area contributed by atoms with E-state index in [0.29, 0.717) is 18.6 Å². The number of nitro benzene ring substituents is 1. The number of alkyl halides is 3. The number of nitrogens with zero attached hydrogens (tertiary/aromatic N) is 3. The van der Waals surface area contributed by atoms with Gasteiger partial charge in [-0.1, -0.05) is 18.3 Å². The van der Waals surface area contributed by atoms with Crippen molar-refractivity contribution in [3.63, 3.8) is 0 Å². The maximum atomic E-state index is 12.7. The van der Waals surface area contributed by atoms with Gasteiger partial charge in [-0.25, -0.2) is 0 Å². The quantitative estimate of drug-likeness (QED) is 0.578. The molecule has 1 heterocycles. The monoisotopic (exact) mass is 389 g/mol. The molecule has 2 rings (SSSR count). The first-order chi connectivity index (χ1) is 12.1. The molecule has 0 radical (unpaired) electrons. The minimum atomic E-state index is -4.71. The molecule has 0 fully saturated rings. The zero-order valence-electron chi connectivity index (χ0n) is 13.6. The van der Waals surface area contributed by atoms with Crippen molar-refractivity contribution in [2.75, 3.05) is 10.6 Å². The highest BCUT2D eigenvalue weighted by molar-refractivity contribution is 7.15. The molecule has 1 aromatic heterocycles. The van der Waals surface area contributed by atoms with E-state index in [1.165, 1.54) is 18.3 Å². The number of aryl methyl sites for hydroxylation is 1. The minimum Gasteiger partial charge on any atom is -0.368 e. The molecule has 0 saturated heterocycles. The highest BCUT2D eigenvalue weighted by Crippen LogP contribution is 2.35. The predicted octanol–water partition coefficient (Wildman–Crippen LogP) is 3.47. The van der Waals surface area contributed by atoms with Crippen LogP contribution in [-0.4, -0.2) is 27.1 Å². The molecule has 2 N–H and O–H groups in total. The van der Waals surface area contributed by atoms with Gasteiger partial charge in [-0.3, -0.25) is 20.2 Å². The number of carbonyl (C=O) groups is 1. The Bertz CT molecular complexity index is 824. The van der Waals surface area contributed by atoms with Gasteiger partial charge in [-0.05, 0) is 25.5 Å². The lowest BCUT2D eigenvalue weighted by atomic mass is 10.1. The first-order valence-corrected chi connectivity index (χ1v) is 8.19. The first-order valence-electron chi connectivity index (χ1n) is 7.37. The van der Waals surface area contributed by atoms with Crippen LogP contribution in [0.1, 0.15) is 24.4 Å². The van der Waals surface area contributed by atoms with Crippen molar-refractivity contribution in [2.24, 2.45) is 0 Å². The zero-order valence-corrected chi connectivity index (χ0v) is 14.4. The molecule has 1 atom stereocenters. The first kappa shape index (κ1) is 19.6. The molecule has 8 nitrogen and oxygen atoms in total. The molecule has 0 saturated carbocycles. The third-order valence-electron chi connectivity index (χ3n) is 3.29. The number of nitro groups is 1. The van der Waals surface area contributed by atoms with Crippen LogP contribution in [0.25, 0.3) is 0 Å². The third kappa shape index (κ3) is 4.65. The van der Waals surface area contributed by atoms with E-state index in [-0.39, 0.29) is 10.8 Å². The lowest BCUT2D eigenvalue weighted by Crippen LogP contribution is -2.32. The summed E-state index contributed by atoms with van der Waals surface area (Å²) < 4.78 is 38.1. The van der Waals surface area contributed by atoms with Gasteiger partial charge >= 0.3 is 6.18 Å². The van der Waals surface area contributed by atoms with Gasteiger partial charge in [0.1, 0.15) is 16.7 Å². The molecule has 0 unspecified atom stereocenters. The number of carbonyl (C=O) groups excluding carboxylic acids is 1. The maximum Gasteiger partial charge on any atom is 0.416 e. The van der Waals surface area contributed by atoms with E-state index in [9.17, 15) is 28.1 Å². The Balaban J connectivity index is 2.15. The van der Waals surface area contributed by atoms with Crippen molar-refractivity contribution in [2.45, 2.75) is 32.5 Å². The number of benzene rings is 1. The number of hydrogen-bond donors (Lipinski definition) is 2. The molecule has 0 aliphatic heterocycles. The number of aromatic nitrogens is 2. The molecule has 0 aliphatic rings. The molecule has 26 heavy (non-hydrogen) atoms. The van der Waals surface area contributed by atoms with Crippen molar-refractivity contribution in [1.29, 1.82) is 0 Å². The average Bonchev–Trinajstić information content (AvgIpc) is 3.01. The number of nitrogens with one attached hydrogen (secondary N) is 2. The Kier molecular flexibility index (Phi) is 5.75. The summed E-state index contributed by atoms with van der Waals surface area (Å²) in [6, 6.07) is 1.09. The molecule has 140 valence electrons. The van der Waals surface area contributed by atoms with Gasteiger partial charge in [0.25, 0.3) is 5.69 Å². The number of halogens is 3. The number of hydrogen-bond acceptors (Lipinski definition) is 7. The second-order valence-electron chi connectivity index (χ2n) is 5.20. The van der Waals surface area contributed by atoms with Gasteiger partial charge in [-0.15, -0.1) is 10.2 Å². The Morgan fingerprint density at radius 2 is 2.08 bits per heavy atom. The zero-order chi connectivity index (χ0) is 19.5. The summed E-state index contributed by atoms with van der Waals surface area (Å²) in [7, 11) is 0. The van der Waals surface area contributed by atoms with Crippen LogP contribution in [0.5, 0.6) is 0 Å². The third-order valence-corrected chi connectivity index (χ3v) is 4.27. The summed E-state index contributed by atoms with van der Waals surface area (Å²) in [5, 5.41) is 24.7. The number of rotatable bonds is 6. The molecular formula is C14H14F3N5O3S. The van der Waals surface area contributed by atoms with Crippen LogP contribution in [0.2, 0.25) is 0 Å². The summed E-state index contributed by atoms with van der Waals surface area (Å²) in [6.45, 7) is 3.29. The van der Waals surface area contributed by atoms with Gasteiger partial charge in [-0.2, -0.15) is 13.2 Å². The van der Waals surface area contributed by atoms with Crippen molar-refractivity contribution < 1.29 is 22.9 Å². The molecular weight excluding hydrogens is 375 g/mol. The fraction of sp³-hybridized carbons (Fsp3) is 0.357. The van der Waals surface area contributed by atoms with Crippen LogP contribution in [0.15, 0.2) is 18.2 Å². The normalized spacial score (nSPS) is 12.5. The molecule has 0 bridgehead atoms. The SMILES string of the molecule is CCc1nnc(NC(=O)[C@H](C)Nc2ccc(C(F)(F)F)cc2[N+](=O)[O-])s1. The summed E-state index contributed by atoms with van der Waals surface area (Å²) in [4.78, 5) is 22.3. The highest BCUT2D eigenvalue weighted by atomic mass is 32.1. The average molecular weight is 389 g/mol. The van der Waals surface area contributed by atoms with Crippen molar-refractivity contribution >= 4 is 33.8 Å². The van der Waals surface area contributed by atoms with Gasteiger partial charge in [0.2, 0.25) is 11.0 Å². The fourth-order valence-corrected chi connectivity index (χ4v) is 2.62. The molecule has 1 aromatic carbocycles. The van der Waals surface area contributed by atoms with Crippen LogP contribution >= 0.6 is 11.3 Å². The smallest absolute Gasteiger partial charge is 0.368 e. The Morgan fingerprint density at radius 1 is 1.38 bits per heavy atom. The summed E-state index contributed by atoms with van der Waals surface area (Å²) in [5.41, 5.74) is -2.12. The van der Waals surface area contributed by atoms with E-state index < -0.39 is 34.3 Å². The van der Waals surface area contributed by atoms with Crippen molar-refractivity contribution in [3.05, 3.63) is 38.9 Å². The molecule has 0 spiro atoms. The van der Waals surface area contributed by atoms with Crippen LogP contribution < -0.4 is 10.6 Å².